The molecule has 1 saturated heterocycles. The molecule has 1 heterocycles. The molecule has 1 aliphatic rings. The first-order valence-corrected chi connectivity index (χ1v) is 7.63. The molecule has 1 fully saturated rings. The molecule has 1 rings (SSSR count). The van der Waals surface area contributed by atoms with E-state index in [-0.39, 0.29) is 29.9 Å². The number of nitrogens with one attached hydrogen (secondary N) is 1. The van der Waals surface area contributed by atoms with Gasteiger partial charge in [-0.2, -0.15) is 0 Å². The van der Waals surface area contributed by atoms with Crippen LogP contribution in [0.3, 0.4) is 0 Å². The molecule has 0 aliphatic carbocycles. The first-order valence-electron chi connectivity index (χ1n) is 7.63. The molecule has 0 bridgehead atoms. The van der Waals surface area contributed by atoms with Crippen LogP contribution in [0.1, 0.15) is 33.6 Å². The largest absolute Gasteiger partial charge is 0.383 e. The summed E-state index contributed by atoms with van der Waals surface area (Å²) in [7, 11) is 1.61. The molecule has 2 amide bonds. The molecule has 0 aromatic rings. The Hall–Kier alpha value is -1.14. The van der Waals surface area contributed by atoms with E-state index in [2.05, 4.69) is 5.32 Å². The van der Waals surface area contributed by atoms with Crippen LogP contribution >= 0.6 is 0 Å². The minimum atomic E-state index is -0.247. The number of nitrogens with zero attached hydrogens (tertiary/aromatic N) is 1. The van der Waals surface area contributed by atoms with Crippen LogP contribution in [0, 0.1) is 5.92 Å². The van der Waals surface area contributed by atoms with Crippen LogP contribution in [0.4, 0.5) is 0 Å². The van der Waals surface area contributed by atoms with Gasteiger partial charge in [-0.15, -0.1) is 0 Å². The number of carbonyl (C=O) groups excluding carboxylic acids is 2. The zero-order chi connectivity index (χ0) is 15.8. The fourth-order valence-electron chi connectivity index (χ4n) is 2.41. The van der Waals surface area contributed by atoms with E-state index >= 15 is 0 Å². The van der Waals surface area contributed by atoms with Crippen molar-refractivity contribution >= 4 is 11.8 Å². The second-order valence-electron chi connectivity index (χ2n) is 5.82. The second-order valence-corrected chi connectivity index (χ2v) is 5.82. The predicted octanol–water partition coefficient (Wildman–Crippen LogP) is 0.801. The third-order valence-electron chi connectivity index (χ3n) is 3.54. The molecule has 0 aromatic heterocycles. The molecular weight excluding hydrogens is 272 g/mol. The zero-order valence-corrected chi connectivity index (χ0v) is 13.6. The van der Waals surface area contributed by atoms with Gasteiger partial charge in [-0.05, 0) is 27.2 Å². The Morgan fingerprint density at radius 1 is 1.43 bits per heavy atom. The fraction of sp³-hybridized carbons (Fsp3) is 0.867. The Morgan fingerprint density at radius 3 is 2.76 bits per heavy atom. The molecule has 1 N–H and O–H groups in total. The van der Waals surface area contributed by atoms with Gasteiger partial charge in [0.1, 0.15) is 0 Å². The summed E-state index contributed by atoms with van der Waals surface area (Å²) in [5, 5.41) is 2.88. The Labute approximate surface area is 127 Å². The van der Waals surface area contributed by atoms with Gasteiger partial charge in [0.05, 0.1) is 24.7 Å². The number of carbonyl (C=O) groups is 2. The van der Waals surface area contributed by atoms with E-state index in [4.69, 9.17) is 9.47 Å². The summed E-state index contributed by atoms with van der Waals surface area (Å²) in [6.45, 7) is 8.11. The lowest BCUT2D eigenvalue weighted by atomic mass is 10.1. The quantitative estimate of drug-likeness (QED) is 0.640. The number of hydrogen-bond acceptors (Lipinski definition) is 4. The van der Waals surface area contributed by atoms with Crippen LogP contribution in [-0.2, 0) is 19.1 Å². The molecule has 0 unspecified atom stereocenters. The van der Waals surface area contributed by atoms with Crippen molar-refractivity contribution in [1.82, 2.24) is 10.2 Å². The van der Waals surface area contributed by atoms with Gasteiger partial charge in [0.15, 0.2) is 0 Å². The van der Waals surface area contributed by atoms with Crippen molar-refractivity contribution in [2.24, 2.45) is 5.92 Å². The number of methoxy groups -OCH3 is 1. The first-order chi connectivity index (χ1) is 9.95. The molecule has 0 spiro atoms. The van der Waals surface area contributed by atoms with Crippen molar-refractivity contribution < 1.29 is 19.1 Å². The third kappa shape index (κ3) is 6.01. The standard InChI is InChI=1S/C15H28N2O4/c1-11(2)21-7-5-6-16-15(19)13-8-14(18)17(9-13)12(3)10-20-4/h11-13H,5-10H2,1-4H3,(H,16,19)/t12-,13-/m0/s1. The van der Waals surface area contributed by atoms with Crippen LogP contribution < -0.4 is 5.32 Å². The van der Waals surface area contributed by atoms with Crippen LogP contribution in [0.5, 0.6) is 0 Å². The molecular formula is C15H28N2O4. The highest BCUT2D eigenvalue weighted by Gasteiger charge is 2.36. The van der Waals surface area contributed by atoms with E-state index in [1.54, 1.807) is 12.0 Å². The van der Waals surface area contributed by atoms with Gasteiger partial charge in [0.2, 0.25) is 11.8 Å². The van der Waals surface area contributed by atoms with Gasteiger partial charge in [-0.1, -0.05) is 0 Å². The van der Waals surface area contributed by atoms with Crippen molar-refractivity contribution in [3.63, 3.8) is 0 Å². The average molecular weight is 300 g/mol. The highest BCUT2D eigenvalue weighted by Crippen LogP contribution is 2.20. The zero-order valence-electron chi connectivity index (χ0n) is 13.6. The number of hydrogen-bond donors (Lipinski definition) is 1. The normalized spacial score (nSPS) is 20.1. The molecule has 2 atom stereocenters. The van der Waals surface area contributed by atoms with Crippen molar-refractivity contribution in [2.45, 2.75) is 45.8 Å². The molecule has 1 aliphatic heterocycles. The summed E-state index contributed by atoms with van der Waals surface area (Å²) in [4.78, 5) is 25.7. The van der Waals surface area contributed by atoms with Crippen LogP contribution in [0.25, 0.3) is 0 Å². The fourth-order valence-corrected chi connectivity index (χ4v) is 2.41. The molecule has 0 aromatic carbocycles. The van der Waals surface area contributed by atoms with Gasteiger partial charge in [0, 0.05) is 33.2 Å². The van der Waals surface area contributed by atoms with Gasteiger partial charge in [-0.3, -0.25) is 9.59 Å². The smallest absolute Gasteiger partial charge is 0.225 e. The van der Waals surface area contributed by atoms with Crippen molar-refractivity contribution in [1.29, 1.82) is 0 Å². The molecule has 21 heavy (non-hydrogen) atoms. The summed E-state index contributed by atoms with van der Waals surface area (Å²) in [5.41, 5.74) is 0. The van der Waals surface area contributed by atoms with Gasteiger partial charge < -0.3 is 19.7 Å². The van der Waals surface area contributed by atoms with Gasteiger partial charge in [-0.25, -0.2) is 0 Å². The van der Waals surface area contributed by atoms with E-state index in [1.807, 2.05) is 20.8 Å². The summed E-state index contributed by atoms with van der Waals surface area (Å²) in [6, 6.07) is 0.0136. The molecule has 0 radical (unpaired) electrons. The molecule has 122 valence electrons. The SMILES string of the molecule is COC[C@H](C)N1C[C@@H](C(=O)NCCCOC(C)C)CC1=O. The minimum Gasteiger partial charge on any atom is -0.383 e. The maximum Gasteiger partial charge on any atom is 0.225 e. The van der Waals surface area contributed by atoms with Crippen molar-refractivity contribution in [3.05, 3.63) is 0 Å². The summed E-state index contributed by atoms with van der Waals surface area (Å²) in [5.74, 6) is -0.259. The summed E-state index contributed by atoms with van der Waals surface area (Å²) in [6.07, 6.45) is 1.29. The van der Waals surface area contributed by atoms with E-state index in [0.717, 1.165) is 6.42 Å². The average Bonchev–Trinajstić information content (AvgIpc) is 2.80. The number of ether oxygens (including phenoxy) is 2. The number of rotatable bonds is 9. The summed E-state index contributed by atoms with van der Waals surface area (Å²) >= 11 is 0. The molecule has 0 saturated carbocycles. The lowest BCUT2D eigenvalue weighted by molar-refractivity contribution is -0.130. The lowest BCUT2D eigenvalue weighted by Gasteiger charge is -2.23. The molecule has 6 heteroatoms. The van der Waals surface area contributed by atoms with E-state index in [1.165, 1.54) is 0 Å². The lowest BCUT2D eigenvalue weighted by Crippen LogP contribution is -2.39. The number of amides is 2. The van der Waals surface area contributed by atoms with Crippen LogP contribution in [0.15, 0.2) is 0 Å². The van der Waals surface area contributed by atoms with Crippen LogP contribution in [0.2, 0.25) is 0 Å². The number of likely N-dealkylation sites (tertiary alicyclic amines) is 1. The Bertz CT molecular complexity index is 347. The van der Waals surface area contributed by atoms with Gasteiger partial charge in [0.25, 0.3) is 0 Å². The minimum absolute atomic E-state index is 0.0136. The summed E-state index contributed by atoms with van der Waals surface area (Å²) < 4.78 is 10.5. The van der Waals surface area contributed by atoms with E-state index in [9.17, 15) is 9.59 Å². The first kappa shape index (κ1) is 17.9. The molecule has 6 nitrogen and oxygen atoms in total. The second kappa shape index (κ2) is 9.00. The topological polar surface area (TPSA) is 67.9 Å². The van der Waals surface area contributed by atoms with Gasteiger partial charge >= 0.3 is 0 Å². The Balaban J connectivity index is 2.28. The van der Waals surface area contributed by atoms with Crippen LogP contribution in [-0.4, -0.2) is 62.3 Å². The highest BCUT2D eigenvalue weighted by molar-refractivity contribution is 5.89. The van der Waals surface area contributed by atoms with E-state index in [0.29, 0.717) is 32.7 Å². The Morgan fingerprint density at radius 2 is 2.14 bits per heavy atom. The maximum absolute atomic E-state index is 12.1. The van der Waals surface area contributed by atoms with Crippen molar-refractivity contribution in [3.8, 4) is 0 Å². The van der Waals surface area contributed by atoms with E-state index < -0.39 is 0 Å². The van der Waals surface area contributed by atoms with Crippen molar-refractivity contribution in [2.75, 3.05) is 33.4 Å². The predicted molar refractivity (Wildman–Crippen MR) is 79.9 cm³/mol. The third-order valence-corrected chi connectivity index (χ3v) is 3.54. The maximum atomic E-state index is 12.1. The highest BCUT2D eigenvalue weighted by atomic mass is 16.5. The monoisotopic (exact) mass is 300 g/mol. The Kier molecular flexibility index (Phi) is 7.67.